The molecule has 1 aliphatic heterocycles. The van der Waals surface area contributed by atoms with E-state index in [9.17, 15) is 18.8 Å². The van der Waals surface area contributed by atoms with E-state index < -0.39 is 11.6 Å². The van der Waals surface area contributed by atoms with E-state index in [0.29, 0.717) is 19.6 Å². The molecule has 0 atom stereocenters. The molecule has 2 amide bonds. The zero-order chi connectivity index (χ0) is 18.0. The van der Waals surface area contributed by atoms with Crippen LogP contribution in [0.4, 0.5) is 4.39 Å². The lowest BCUT2D eigenvalue weighted by molar-refractivity contribution is -0.122. The number of hydrogen-bond donors (Lipinski definition) is 1. The van der Waals surface area contributed by atoms with Crippen molar-refractivity contribution in [2.75, 3.05) is 13.1 Å². The fourth-order valence-electron chi connectivity index (χ4n) is 2.66. The Bertz CT molecular complexity index is 856. The highest BCUT2D eigenvalue weighted by Crippen LogP contribution is 2.07. The topological polar surface area (TPSA) is 89.2 Å². The third-order valence-corrected chi connectivity index (χ3v) is 4.07. The molecule has 0 spiro atoms. The van der Waals surface area contributed by atoms with Gasteiger partial charge in [-0.05, 0) is 24.6 Å². The van der Waals surface area contributed by atoms with Gasteiger partial charge in [-0.1, -0.05) is 12.1 Å². The summed E-state index contributed by atoms with van der Waals surface area (Å²) in [5.41, 5.74) is 0.260. The number of carbonyl (C=O) groups excluding carboxylic acids is 2. The van der Waals surface area contributed by atoms with E-state index in [1.54, 1.807) is 17.0 Å². The van der Waals surface area contributed by atoms with Gasteiger partial charge in [0.1, 0.15) is 12.4 Å². The second-order valence-electron chi connectivity index (χ2n) is 5.70. The Kier molecular flexibility index (Phi) is 4.64. The first-order valence-corrected chi connectivity index (χ1v) is 7.97. The molecule has 2 heterocycles. The number of halogens is 1. The summed E-state index contributed by atoms with van der Waals surface area (Å²) in [4.78, 5) is 38.1. The van der Waals surface area contributed by atoms with E-state index >= 15 is 0 Å². The molecule has 0 bridgehead atoms. The van der Waals surface area contributed by atoms with Gasteiger partial charge in [-0.3, -0.25) is 14.2 Å². The first kappa shape index (κ1) is 16.9. The average Bonchev–Trinajstić information content (AvgIpc) is 2.92. The maximum absolute atomic E-state index is 12.8. The summed E-state index contributed by atoms with van der Waals surface area (Å²) in [6.45, 7) is 3.14. The Morgan fingerprint density at radius 1 is 1.24 bits per heavy atom. The van der Waals surface area contributed by atoms with Crippen LogP contribution in [0.3, 0.4) is 0 Å². The second kappa shape index (κ2) is 6.88. The van der Waals surface area contributed by atoms with Crippen molar-refractivity contribution in [1.29, 1.82) is 0 Å². The van der Waals surface area contributed by atoms with Gasteiger partial charge >= 0.3 is 5.69 Å². The van der Waals surface area contributed by atoms with Crippen LogP contribution in [-0.2, 0) is 24.4 Å². The van der Waals surface area contributed by atoms with Gasteiger partial charge in [0.2, 0.25) is 11.7 Å². The summed E-state index contributed by atoms with van der Waals surface area (Å²) in [5, 5.41) is 6.64. The van der Waals surface area contributed by atoms with Gasteiger partial charge in [0, 0.05) is 26.2 Å². The molecule has 1 aromatic carbocycles. The zero-order valence-electron chi connectivity index (χ0n) is 13.7. The van der Waals surface area contributed by atoms with Crippen LogP contribution in [0, 0.1) is 5.82 Å². The molecule has 0 radical (unpaired) electrons. The molecular formula is C16H18FN5O3. The quantitative estimate of drug-likeness (QED) is 0.823. The molecule has 132 valence electrons. The van der Waals surface area contributed by atoms with Crippen LogP contribution in [0.15, 0.2) is 29.1 Å². The molecule has 3 rings (SSSR count). The van der Waals surface area contributed by atoms with E-state index in [-0.39, 0.29) is 30.6 Å². The number of nitrogens with one attached hydrogen (secondary N) is 1. The highest BCUT2D eigenvalue weighted by molar-refractivity contribution is 5.91. The van der Waals surface area contributed by atoms with Crippen molar-refractivity contribution in [2.24, 2.45) is 0 Å². The molecule has 1 aromatic heterocycles. The van der Waals surface area contributed by atoms with Crippen LogP contribution in [-0.4, -0.2) is 44.2 Å². The monoisotopic (exact) mass is 347 g/mol. The number of hydrogen-bond acceptors (Lipinski definition) is 4. The van der Waals surface area contributed by atoms with Gasteiger partial charge in [0.25, 0.3) is 5.91 Å². The Morgan fingerprint density at radius 3 is 2.64 bits per heavy atom. The van der Waals surface area contributed by atoms with Crippen molar-refractivity contribution >= 4 is 11.8 Å². The number of fused-ring (bicyclic) bond motifs is 1. The van der Waals surface area contributed by atoms with Crippen molar-refractivity contribution in [3.63, 3.8) is 0 Å². The van der Waals surface area contributed by atoms with Gasteiger partial charge < -0.3 is 10.2 Å². The van der Waals surface area contributed by atoms with Gasteiger partial charge in [-0.25, -0.2) is 13.9 Å². The predicted molar refractivity (Wildman–Crippen MR) is 86.3 cm³/mol. The minimum Gasteiger partial charge on any atom is -0.350 e. The lowest BCUT2D eigenvalue weighted by Gasteiger charge is -2.24. The number of amides is 2. The van der Waals surface area contributed by atoms with Crippen LogP contribution in [0.25, 0.3) is 0 Å². The van der Waals surface area contributed by atoms with Crippen LogP contribution >= 0.6 is 0 Å². The molecule has 1 aliphatic rings. The second-order valence-corrected chi connectivity index (χ2v) is 5.70. The van der Waals surface area contributed by atoms with E-state index in [1.165, 1.54) is 16.7 Å². The fourth-order valence-corrected chi connectivity index (χ4v) is 2.66. The molecule has 0 aliphatic carbocycles. The van der Waals surface area contributed by atoms with Crippen LogP contribution < -0.4 is 11.0 Å². The minimum atomic E-state index is -0.476. The van der Waals surface area contributed by atoms with Crippen LogP contribution in [0.5, 0.6) is 0 Å². The highest BCUT2D eigenvalue weighted by atomic mass is 19.1. The lowest BCUT2D eigenvalue weighted by atomic mass is 10.2. The Hall–Kier alpha value is -2.97. The molecule has 1 N–H and O–H groups in total. The summed E-state index contributed by atoms with van der Waals surface area (Å²) >= 11 is 0. The molecule has 9 heteroatoms. The van der Waals surface area contributed by atoms with Gasteiger partial charge in [0.05, 0.1) is 0 Å². The third kappa shape index (κ3) is 3.44. The largest absolute Gasteiger partial charge is 0.350 e. The van der Waals surface area contributed by atoms with E-state index in [2.05, 4.69) is 10.4 Å². The Labute approximate surface area is 142 Å². The van der Waals surface area contributed by atoms with E-state index in [4.69, 9.17) is 0 Å². The smallest absolute Gasteiger partial charge is 0.346 e. The summed E-state index contributed by atoms with van der Waals surface area (Å²) in [7, 11) is 0. The van der Waals surface area contributed by atoms with Crippen molar-refractivity contribution in [1.82, 2.24) is 24.6 Å². The molecule has 0 unspecified atom stereocenters. The number of likely N-dealkylation sites (N-methyl/N-ethyl adjacent to an activating group) is 1. The standard InChI is InChI=1S/C16H18FN5O3/c1-2-20-7-8-21-14(15(20)24)19-22(16(21)25)10-13(23)18-9-11-3-5-12(17)6-4-11/h3-6H,2,7-10H2,1H3,(H,18,23). The lowest BCUT2D eigenvalue weighted by Crippen LogP contribution is -2.42. The van der Waals surface area contributed by atoms with Crippen molar-refractivity contribution in [2.45, 2.75) is 26.6 Å². The highest BCUT2D eigenvalue weighted by Gasteiger charge is 2.28. The normalized spacial score (nSPS) is 13.7. The maximum Gasteiger partial charge on any atom is 0.346 e. The third-order valence-electron chi connectivity index (χ3n) is 4.07. The minimum absolute atomic E-state index is 0.0597. The number of carbonyl (C=O) groups is 2. The first-order chi connectivity index (χ1) is 12.0. The average molecular weight is 347 g/mol. The molecule has 8 nitrogen and oxygen atoms in total. The predicted octanol–water partition coefficient (Wildman–Crippen LogP) is -0.0240. The van der Waals surface area contributed by atoms with Crippen molar-refractivity contribution in [3.05, 3.63) is 52.0 Å². The Balaban J connectivity index is 1.67. The molecule has 25 heavy (non-hydrogen) atoms. The number of aromatic nitrogens is 3. The maximum atomic E-state index is 12.8. The summed E-state index contributed by atoms with van der Waals surface area (Å²) in [5.74, 6) is -1.02. The number of benzene rings is 1. The summed E-state index contributed by atoms with van der Waals surface area (Å²) in [6, 6.07) is 5.74. The molecule has 2 aromatic rings. The van der Waals surface area contributed by atoms with Crippen LogP contribution in [0.1, 0.15) is 23.1 Å². The zero-order valence-corrected chi connectivity index (χ0v) is 13.7. The van der Waals surface area contributed by atoms with Gasteiger partial charge in [-0.2, -0.15) is 0 Å². The van der Waals surface area contributed by atoms with Crippen molar-refractivity contribution < 1.29 is 14.0 Å². The van der Waals surface area contributed by atoms with E-state index in [0.717, 1.165) is 10.2 Å². The number of rotatable bonds is 5. The molecule has 0 fully saturated rings. The fraction of sp³-hybridized carbons (Fsp3) is 0.375. The van der Waals surface area contributed by atoms with Gasteiger partial charge in [0.15, 0.2) is 0 Å². The molecule has 0 saturated carbocycles. The SMILES string of the molecule is CCN1CCn2c(nn(CC(=O)NCc3ccc(F)cc3)c2=O)C1=O. The summed E-state index contributed by atoms with van der Waals surface area (Å²) < 4.78 is 15.1. The van der Waals surface area contributed by atoms with Crippen LogP contribution in [0.2, 0.25) is 0 Å². The molecular weight excluding hydrogens is 329 g/mol. The first-order valence-electron chi connectivity index (χ1n) is 7.97. The Morgan fingerprint density at radius 2 is 1.96 bits per heavy atom. The van der Waals surface area contributed by atoms with Crippen molar-refractivity contribution in [3.8, 4) is 0 Å². The van der Waals surface area contributed by atoms with Gasteiger partial charge in [-0.15, -0.1) is 5.10 Å². The summed E-state index contributed by atoms with van der Waals surface area (Å²) in [6.07, 6.45) is 0. The van der Waals surface area contributed by atoms with E-state index in [1.807, 2.05) is 6.92 Å². The number of nitrogens with zero attached hydrogens (tertiary/aromatic N) is 4. The molecule has 0 saturated heterocycles.